The lowest BCUT2D eigenvalue weighted by Crippen LogP contribution is -2.25. The molecule has 0 amide bonds. The molecule has 0 radical (unpaired) electrons. The third-order valence-corrected chi connectivity index (χ3v) is 2.09. The summed E-state index contributed by atoms with van der Waals surface area (Å²) >= 11 is 0. The fourth-order valence-electron chi connectivity index (χ4n) is 1.17. The van der Waals surface area contributed by atoms with Gasteiger partial charge in [-0.05, 0) is 19.5 Å². The van der Waals surface area contributed by atoms with Gasteiger partial charge in [0, 0.05) is 20.3 Å². The molecule has 0 aliphatic heterocycles. The van der Waals surface area contributed by atoms with Crippen molar-refractivity contribution in [1.82, 2.24) is 4.90 Å². The van der Waals surface area contributed by atoms with Crippen LogP contribution in [0.2, 0.25) is 0 Å². The molecule has 0 aromatic rings. The van der Waals surface area contributed by atoms with Crippen molar-refractivity contribution in [3.8, 4) is 0 Å². The van der Waals surface area contributed by atoms with Crippen molar-refractivity contribution in [3.05, 3.63) is 0 Å². The van der Waals surface area contributed by atoms with Crippen LogP contribution in [0.1, 0.15) is 20.3 Å². The molecule has 0 spiro atoms. The Morgan fingerprint density at radius 3 is 2.23 bits per heavy atom. The van der Waals surface area contributed by atoms with Gasteiger partial charge in [-0.15, -0.1) is 0 Å². The molecule has 0 aromatic heterocycles. The summed E-state index contributed by atoms with van der Waals surface area (Å²) in [5.41, 5.74) is 0. The van der Waals surface area contributed by atoms with Crippen LogP contribution in [0.5, 0.6) is 0 Å². The second-order valence-corrected chi connectivity index (χ2v) is 2.99. The average Bonchev–Trinajstić information content (AvgIpc) is 2.17. The Balaban J connectivity index is 3.05. The number of rotatable bonds is 9. The third-order valence-electron chi connectivity index (χ3n) is 2.09. The first kappa shape index (κ1) is 12.9. The summed E-state index contributed by atoms with van der Waals surface area (Å²) in [6.45, 7) is 10.0. The van der Waals surface area contributed by atoms with Gasteiger partial charge in [0.15, 0.2) is 0 Å². The molecule has 0 unspecified atom stereocenters. The highest BCUT2D eigenvalue weighted by atomic mass is 16.5. The second kappa shape index (κ2) is 9.96. The average molecular weight is 189 g/mol. The number of ether oxygens (including phenoxy) is 2. The Labute approximate surface area is 82.0 Å². The van der Waals surface area contributed by atoms with Gasteiger partial charge in [-0.25, -0.2) is 0 Å². The predicted molar refractivity (Wildman–Crippen MR) is 55.1 cm³/mol. The van der Waals surface area contributed by atoms with Gasteiger partial charge in [0.2, 0.25) is 0 Å². The fraction of sp³-hybridized carbons (Fsp3) is 1.00. The molecule has 0 rings (SSSR count). The molecule has 0 bridgehead atoms. The van der Waals surface area contributed by atoms with Crippen LogP contribution in [-0.4, -0.2) is 51.5 Å². The van der Waals surface area contributed by atoms with Gasteiger partial charge >= 0.3 is 0 Å². The van der Waals surface area contributed by atoms with E-state index in [9.17, 15) is 0 Å². The fourth-order valence-corrected chi connectivity index (χ4v) is 1.17. The van der Waals surface area contributed by atoms with E-state index in [0.717, 1.165) is 39.3 Å². The van der Waals surface area contributed by atoms with Gasteiger partial charge in [-0.2, -0.15) is 0 Å². The molecule has 80 valence electrons. The summed E-state index contributed by atoms with van der Waals surface area (Å²) in [6.07, 6.45) is 1.12. The summed E-state index contributed by atoms with van der Waals surface area (Å²) < 4.78 is 10.2. The maximum atomic E-state index is 5.36. The van der Waals surface area contributed by atoms with Crippen molar-refractivity contribution in [2.24, 2.45) is 0 Å². The molecule has 0 heterocycles. The molecule has 0 aliphatic rings. The summed E-state index contributed by atoms with van der Waals surface area (Å²) in [7, 11) is 1.69. The van der Waals surface area contributed by atoms with E-state index in [0.29, 0.717) is 6.61 Å². The predicted octanol–water partition coefficient (Wildman–Crippen LogP) is 1.38. The van der Waals surface area contributed by atoms with Crippen LogP contribution >= 0.6 is 0 Å². The Bertz CT molecular complexity index is 94.9. The van der Waals surface area contributed by atoms with E-state index < -0.39 is 0 Å². The number of methoxy groups -OCH3 is 1. The van der Waals surface area contributed by atoms with Gasteiger partial charge < -0.3 is 14.4 Å². The SMILES string of the molecule is CCN(CC)CCCOCCOC. The summed E-state index contributed by atoms with van der Waals surface area (Å²) in [4.78, 5) is 2.40. The number of nitrogens with zero attached hydrogens (tertiary/aromatic N) is 1. The van der Waals surface area contributed by atoms with E-state index in [2.05, 4.69) is 18.7 Å². The van der Waals surface area contributed by atoms with Crippen LogP contribution in [0.4, 0.5) is 0 Å². The number of hydrogen-bond acceptors (Lipinski definition) is 3. The molecule has 3 nitrogen and oxygen atoms in total. The maximum absolute atomic E-state index is 5.36. The van der Waals surface area contributed by atoms with Crippen LogP contribution in [0.25, 0.3) is 0 Å². The molecular formula is C10H23NO2. The van der Waals surface area contributed by atoms with Gasteiger partial charge in [0.1, 0.15) is 0 Å². The molecule has 3 heteroatoms. The van der Waals surface area contributed by atoms with E-state index in [4.69, 9.17) is 9.47 Å². The van der Waals surface area contributed by atoms with Crippen LogP contribution in [0, 0.1) is 0 Å². The molecule has 0 saturated heterocycles. The lowest BCUT2D eigenvalue weighted by atomic mass is 10.4. The van der Waals surface area contributed by atoms with Crippen LogP contribution in [0.3, 0.4) is 0 Å². The summed E-state index contributed by atoms with van der Waals surface area (Å²) in [5.74, 6) is 0. The minimum Gasteiger partial charge on any atom is -0.382 e. The Morgan fingerprint density at radius 2 is 1.69 bits per heavy atom. The molecular weight excluding hydrogens is 166 g/mol. The van der Waals surface area contributed by atoms with Crippen LogP contribution in [-0.2, 0) is 9.47 Å². The first-order valence-electron chi connectivity index (χ1n) is 5.14. The minimum absolute atomic E-state index is 0.700. The highest BCUT2D eigenvalue weighted by molar-refractivity contribution is 4.51. The maximum Gasteiger partial charge on any atom is 0.0700 e. The monoisotopic (exact) mass is 189 g/mol. The second-order valence-electron chi connectivity index (χ2n) is 2.99. The molecule has 0 aromatic carbocycles. The lowest BCUT2D eigenvalue weighted by Gasteiger charge is -2.17. The van der Waals surface area contributed by atoms with Crippen molar-refractivity contribution in [1.29, 1.82) is 0 Å². The van der Waals surface area contributed by atoms with Gasteiger partial charge in [0.05, 0.1) is 13.2 Å². The van der Waals surface area contributed by atoms with E-state index in [1.54, 1.807) is 7.11 Å². The van der Waals surface area contributed by atoms with Crippen molar-refractivity contribution in [2.45, 2.75) is 20.3 Å². The van der Waals surface area contributed by atoms with E-state index >= 15 is 0 Å². The van der Waals surface area contributed by atoms with Crippen LogP contribution in [0.15, 0.2) is 0 Å². The van der Waals surface area contributed by atoms with Crippen molar-refractivity contribution in [3.63, 3.8) is 0 Å². The first-order chi connectivity index (χ1) is 6.35. The molecule has 0 fully saturated rings. The zero-order valence-electron chi connectivity index (χ0n) is 9.21. The highest BCUT2D eigenvalue weighted by Crippen LogP contribution is 1.91. The quantitative estimate of drug-likeness (QED) is 0.511. The van der Waals surface area contributed by atoms with Crippen molar-refractivity contribution >= 4 is 0 Å². The Hall–Kier alpha value is -0.120. The normalized spacial score (nSPS) is 11.1. The molecule has 0 atom stereocenters. The van der Waals surface area contributed by atoms with Crippen LogP contribution < -0.4 is 0 Å². The third kappa shape index (κ3) is 8.22. The standard InChI is InChI=1S/C10H23NO2/c1-4-11(5-2)7-6-8-13-10-9-12-3/h4-10H2,1-3H3. The smallest absolute Gasteiger partial charge is 0.0700 e. The lowest BCUT2D eigenvalue weighted by molar-refractivity contribution is 0.0657. The molecule has 13 heavy (non-hydrogen) atoms. The zero-order valence-corrected chi connectivity index (χ0v) is 9.21. The number of hydrogen-bond donors (Lipinski definition) is 0. The Kier molecular flexibility index (Phi) is 9.87. The minimum atomic E-state index is 0.700. The zero-order chi connectivity index (χ0) is 9.94. The van der Waals surface area contributed by atoms with Gasteiger partial charge in [0.25, 0.3) is 0 Å². The van der Waals surface area contributed by atoms with Gasteiger partial charge in [-0.3, -0.25) is 0 Å². The summed E-state index contributed by atoms with van der Waals surface area (Å²) in [5, 5.41) is 0. The molecule has 0 N–H and O–H groups in total. The Morgan fingerprint density at radius 1 is 1.00 bits per heavy atom. The summed E-state index contributed by atoms with van der Waals surface area (Å²) in [6, 6.07) is 0. The van der Waals surface area contributed by atoms with E-state index in [1.165, 1.54) is 0 Å². The first-order valence-corrected chi connectivity index (χ1v) is 5.14. The largest absolute Gasteiger partial charge is 0.382 e. The van der Waals surface area contributed by atoms with E-state index in [-0.39, 0.29) is 0 Å². The highest BCUT2D eigenvalue weighted by Gasteiger charge is 1.97. The van der Waals surface area contributed by atoms with Crippen molar-refractivity contribution < 1.29 is 9.47 Å². The molecule has 0 saturated carbocycles. The molecule has 0 aliphatic carbocycles. The van der Waals surface area contributed by atoms with E-state index in [1.807, 2.05) is 0 Å². The topological polar surface area (TPSA) is 21.7 Å². The van der Waals surface area contributed by atoms with Gasteiger partial charge in [-0.1, -0.05) is 13.8 Å². The van der Waals surface area contributed by atoms with Crippen molar-refractivity contribution in [2.75, 3.05) is 46.6 Å².